The Balaban J connectivity index is 1.83. The zero-order chi connectivity index (χ0) is 20.2. The fourth-order valence-electron chi connectivity index (χ4n) is 2.33. The molecule has 1 amide bonds. The highest BCUT2D eigenvalue weighted by Gasteiger charge is 2.03. The summed E-state index contributed by atoms with van der Waals surface area (Å²) in [5, 5.41) is 5.85. The zero-order valence-electron chi connectivity index (χ0n) is 16.2. The van der Waals surface area contributed by atoms with E-state index in [1.165, 1.54) is 6.08 Å². The summed E-state index contributed by atoms with van der Waals surface area (Å²) in [7, 11) is 0. The first-order valence-corrected chi connectivity index (χ1v) is 9.77. The third-order valence-electron chi connectivity index (χ3n) is 3.71. The van der Waals surface area contributed by atoms with E-state index in [9.17, 15) is 4.79 Å². The second-order valence-corrected chi connectivity index (χ2v) is 6.42. The number of amides is 1. The summed E-state index contributed by atoms with van der Waals surface area (Å²) >= 11 is 5.20. The van der Waals surface area contributed by atoms with Crippen LogP contribution in [0.3, 0.4) is 0 Å². The van der Waals surface area contributed by atoms with E-state index in [4.69, 9.17) is 21.7 Å². The van der Waals surface area contributed by atoms with Crippen LogP contribution in [-0.2, 0) is 4.79 Å². The smallest absolute Gasteiger partial charge is 0.250 e. The topological polar surface area (TPSA) is 59.6 Å². The van der Waals surface area contributed by atoms with Crippen LogP contribution in [0.5, 0.6) is 11.5 Å². The molecule has 2 aromatic rings. The van der Waals surface area contributed by atoms with Gasteiger partial charge in [0.05, 0.1) is 13.2 Å². The average molecular weight is 399 g/mol. The van der Waals surface area contributed by atoms with Gasteiger partial charge in [0.15, 0.2) is 5.11 Å². The second kappa shape index (κ2) is 11.8. The van der Waals surface area contributed by atoms with Crippen LogP contribution in [0.15, 0.2) is 54.6 Å². The molecule has 0 bridgehead atoms. The summed E-state index contributed by atoms with van der Waals surface area (Å²) in [6, 6.07) is 15.0. The van der Waals surface area contributed by atoms with Gasteiger partial charge in [-0.25, -0.2) is 0 Å². The van der Waals surface area contributed by atoms with Crippen molar-refractivity contribution in [2.45, 2.75) is 26.7 Å². The lowest BCUT2D eigenvalue weighted by molar-refractivity contribution is -0.115. The van der Waals surface area contributed by atoms with E-state index < -0.39 is 0 Å². The Morgan fingerprint density at radius 2 is 1.86 bits per heavy atom. The quantitative estimate of drug-likeness (QED) is 0.361. The minimum absolute atomic E-state index is 0.229. The normalized spacial score (nSPS) is 10.5. The van der Waals surface area contributed by atoms with Crippen LogP contribution in [-0.4, -0.2) is 24.2 Å². The van der Waals surface area contributed by atoms with Crippen LogP contribution >= 0.6 is 12.2 Å². The maximum absolute atomic E-state index is 12.1. The number of ether oxygens (including phenoxy) is 2. The maximum Gasteiger partial charge on any atom is 0.250 e. The predicted octanol–water partition coefficient (Wildman–Crippen LogP) is 4.79. The van der Waals surface area contributed by atoms with Crippen molar-refractivity contribution >= 4 is 35.0 Å². The lowest BCUT2D eigenvalue weighted by Gasteiger charge is -2.10. The van der Waals surface area contributed by atoms with Gasteiger partial charge in [0, 0.05) is 17.8 Å². The number of thiocarbonyl (C=S) groups is 1. The van der Waals surface area contributed by atoms with Gasteiger partial charge >= 0.3 is 0 Å². The first-order chi connectivity index (χ1) is 13.6. The Bertz CT molecular complexity index is 804. The molecule has 0 saturated carbocycles. The van der Waals surface area contributed by atoms with Gasteiger partial charge < -0.3 is 14.8 Å². The molecule has 0 unspecified atom stereocenters. The molecule has 0 atom stereocenters. The van der Waals surface area contributed by atoms with Crippen LogP contribution in [0.1, 0.15) is 32.3 Å². The van der Waals surface area contributed by atoms with Gasteiger partial charge in [-0.2, -0.15) is 0 Å². The summed E-state index contributed by atoms with van der Waals surface area (Å²) < 4.78 is 11.1. The first-order valence-electron chi connectivity index (χ1n) is 9.36. The number of anilines is 1. The molecular weight excluding hydrogens is 372 g/mol. The molecule has 5 nitrogen and oxygen atoms in total. The van der Waals surface area contributed by atoms with Crippen LogP contribution in [0.2, 0.25) is 0 Å². The van der Waals surface area contributed by atoms with Crippen molar-refractivity contribution in [1.29, 1.82) is 0 Å². The van der Waals surface area contributed by atoms with Gasteiger partial charge in [-0.1, -0.05) is 31.5 Å². The van der Waals surface area contributed by atoms with E-state index in [-0.39, 0.29) is 11.0 Å². The molecule has 0 aliphatic rings. The number of carbonyl (C=O) groups is 1. The van der Waals surface area contributed by atoms with Crippen LogP contribution < -0.4 is 20.1 Å². The van der Waals surface area contributed by atoms with Crippen LogP contribution in [0.25, 0.3) is 6.08 Å². The molecule has 2 N–H and O–H groups in total. The highest BCUT2D eigenvalue weighted by atomic mass is 32.1. The molecular formula is C22H26N2O3S. The molecule has 28 heavy (non-hydrogen) atoms. The molecule has 0 saturated heterocycles. The molecule has 0 spiro atoms. The number of unbranched alkanes of at least 4 members (excludes halogenated alkanes) is 1. The van der Waals surface area contributed by atoms with Gasteiger partial charge in [-0.3, -0.25) is 10.1 Å². The van der Waals surface area contributed by atoms with Crippen molar-refractivity contribution in [1.82, 2.24) is 5.32 Å². The Morgan fingerprint density at radius 3 is 2.57 bits per heavy atom. The molecule has 2 rings (SSSR count). The summed E-state index contributed by atoms with van der Waals surface area (Å²) in [6.07, 6.45) is 5.24. The minimum atomic E-state index is -0.304. The maximum atomic E-state index is 12.1. The van der Waals surface area contributed by atoms with E-state index >= 15 is 0 Å². The third-order valence-corrected chi connectivity index (χ3v) is 3.92. The predicted molar refractivity (Wildman–Crippen MR) is 118 cm³/mol. The summed E-state index contributed by atoms with van der Waals surface area (Å²) in [4.78, 5) is 12.1. The standard InChI is InChI=1S/C22H26N2O3S/c1-3-5-15-27-20-8-6-7-18(16-20)23-22(28)24-21(25)14-11-17-9-12-19(13-10-17)26-4-2/h6-14,16H,3-5,15H2,1-2H3,(H2,23,24,25,28)/b14-11+. The van der Waals surface area contributed by atoms with Gasteiger partial charge in [0.2, 0.25) is 5.91 Å². The SMILES string of the molecule is CCCCOc1cccc(NC(=S)NC(=O)/C=C/c2ccc(OCC)cc2)c1. The van der Waals surface area contributed by atoms with Gasteiger partial charge in [0.1, 0.15) is 11.5 Å². The summed E-state index contributed by atoms with van der Waals surface area (Å²) in [6.45, 7) is 5.35. The van der Waals surface area contributed by atoms with Crippen molar-refractivity contribution in [2.75, 3.05) is 18.5 Å². The van der Waals surface area contributed by atoms with Crippen molar-refractivity contribution in [3.8, 4) is 11.5 Å². The lowest BCUT2D eigenvalue weighted by Crippen LogP contribution is -2.32. The Labute approximate surface area is 171 Å². The second-order valence-electron chi connectivity index (χ2n) is 6.01. The molecule has 0 aromatic heterocycles. The molecule has 0 heterocycles. The minimum Gasteiger partial charge on any atom is -0.494 e. The van der Waals surface area contributed by atoms with E-state index in [2.05, 4.69) is 17.6 Å². The number of hydrogen-bond acceptors (Lipinski definition) is 4. The molecule has 148 valence electrons. The number of hydrogen-bond donors (Lipinski definition) is 2. The van der Waals surface area contributed by atoms with Crippen molar-refractivity contribution in [3.63, 3.8) is 0 Å². The Hall–Kier alpha value is -2.86. The zero-order valence-corrected chi connectivity index (χ0v) is 17.1. The Morgan fingerprint density at radius 1 is 1.07 bits per heavy atom. The largest absolute Gasteiger partial charge is 0.494 e. The highest BCUT2D eigenvalue weighted by Crippen LogP contribution is 2.17. The fraction of sp³-hybridized carbons (Fsp3) is 0.273. The fourth-order valence-corrected chi connectivity index (χ4v) is 2.55. The number of nitrogens with one attached hydrogen (secondary N) is 2. The molecule has 6 heteroatoms. The average Bonchev–Trinajstić information content (AvgIpc) is 2.68. The number of carbonyl (C=O) groups excluding carboxylic acids is 1. The first kappa shape index (κ1) is 21.4. The Kier molecular flexibility index (Phi) is 9.01. The van der Waals surface area contributed by atoms with E-state index in [1.54, 1.807) is 6.08 Å². The summed E-state index contributed by atoms with van der Waals surface area (Å²) in [5.74, 6) is 1.26. The molecule has 0 aliphatic carbocycles. The highest BCUT2D eigenvalue weighted by molar-refractivity contribution is 7.80. The monoisotopic (exact) mass is 398 g/mol. The van der Waals surface area contributed by atoms with Crippen molar-refractivity contribution in [2.24, 2.45) is 0 Å². The number of rotatable bonds is 9. The molecule has 0 fully saturated rings. The van der Waals surface area contributed by atoms with Crippen LogP contribution in [0.4, 0.5) is 5.69 Å². The van der Waals surface area contributed by atoms with Gasteiger partial charge in [-0.05, 0) is 61.5 Å². The molecule has 2 aromatic carbocycles. The van der Waals surface area contributed by atoms with E-state index in [0.717, 1.165) is 35.6 Å². The van der Waals surface area contributed by atoms with Gasteiger partial charge in [0.25, 0.3) is 0 Å². The third kappa shape index (κ3) is 7.80. The van der Waals surface area contributed by atoms with E-state index in [1.807, 2.05) is 55.5 Å². The van der Waals surface area contributed by atoms with Crippen molar-refractivity contribution < 1.29 is 14.3 Å². The molecule has 0 radical (unpaired) electrons. The molecule has 0 aliphatic heterocycles. The van der Waals surface area contributed by atoms with E-state index in [0.29, 0.717) is 13.2 Å². The van der Waals surface area contributed by atoms with Crippen LogP contribution in [0, 0.1) is 0 Å². The lowest BCUT2D eigenvalue weighted by atomic mass is 10.2. The number of benzene rings is 2. The summed E-state index contributed by atoms with van der Waals surface area (Å²) in [5.41, 5.74) is 1.66. The van der Waals surface area contributed by atoms with Crippen molar-refractivity contribution in [3.05, 3.63) is 60.2 Å². The van der Waals surface area contributed by atoms with Gasteiger partial charge in [-0.15, -0.1) is 0 Å².